The van der Waals surface area contributed by atoms with Gasteiger partial charge in [-0.2, -0.15) is 9.40 Å². The normalized spacial score (nSPS) is 17.1. The highest BCUT2D eigenvalue weighted by Crippen LogP contribution is 2.21. The Balaban J connectivity index is 1.63. The summed E-state index contributed by atoms with van der Waals surface area (Å²) in [6, 6.07) is 4.34. The van der Waals surface area contributed by atoms with Crippen molar-refractivity contribution in [3.8, 4) is 0 Å². The molecule has 0 bridgehead atoms. The number of hydrogen-bond donors (Lipinski definition) is 0. The third-order valence-corrected chi connectivity index (χ3v) is 6.52. The minimum atomic E-state index is -3.51. The Labute approximate surface area is 151 Å². The van der Waals surface area contributed by atoms with E-state index in [1.54, 1.807) is 16.9 Å². The summed E-state index contributed by atoms with van der Waals surface area (Å²) < 4.78 is 41.5. The number of benzene rings is 1. The lowest BCUT2D eigenvalue weighted by atomic mass is 10.2. The lowest BCUT2D eigenvalue weighted by Gasteiger charge is -2.33. The van der Waals surface area contributed by atoms with E-state index in [-0.39, 0.29) is 10.7 Å². The van der Waals surface area contributed by atoms with Gasteiger partial charge in [0.2, 0.25) is 10.0 Å². The number of halogens is 2. The first-order valence-electron chi connectivity index (χ1n) is 8.09. The van der Waals surface area contributed by atoms with E-state index in [0.717, 1.165) is 5.56 Å². The van der Waals surface area contributed by atoms with Crippen molar-refractivity contribution < 1.29 is 12.8 Å². The summed E-state index contributed by atoms with van der Waals surface area (Å²) in [7, 11) is -3.51. The molecular weight excluding hydrogens is 367 g/mol. The van der Waals surface area contributed by atoms with Crippen LogP contribution >= 0.6 is 11.6 Å². The molecule has 136 valence electrons. The van der Waals surface area contributed by atoms with Crippen LogP contribution in [0.5, 0.6) is 0 Å². The van der Waals surface area contributed by atoms with Crippen LogP contribution in [0.15, 0.2) is 35.5 Å². The molecule has 1 aliphatic rings. The Kier molecular flexibility index (Phi) is 5.43. The Hall–Kier alpha value is -1.48. The number of rotatable bonds is 5. The van der Waals surface area contributed by atoms with Crippen LogP contribution in [0.3, 0.4) is 0 Å². The van der Waals surface area contributed by atoms with Gasteiger partial charge >= 0.3 is 0 Å². The first-order valence-corrected chi connectivity index (χ1v) is 9.91. The molecule has 2 aromatic rings. The van der Waals surface area contributed by atoms with Crippen LogP contribution in [0.4, 0.5) is 4.39 Å². The molecule has 0 aliphatic carbocycles. The van der Waals surface area contributed by atoms with Gasteiger partial charge in [-0.25, -0.2) is 12.8 Å². The van der Waals surface area contributed by atoms with Gasteiger partial charge in [-0.1, -0.05) is 17.7 Å². The van der Waals surface area contributed by atoms with Crippen LogP contribution < -0.4 is 0 Å². The molecule has 1 saturated heterocycles. The molecule has 6 nitrogen and oxygen atoms in total. The second-order valence-electron chi connectivity index (χ2n) is 5.95. The van der Waals surface area contributed by atoms with E-state index >= 15 is 0 Å². The van der Waals surface area contributed by atoms with Crippen molar-refractivity contribution in [3.05, 3.63) is 47.0 Å². The summed E-state index contributed by atoms with van der Waals surface area (Å²) in [5, 5.41) is 4.43. The van der Waals surface area contributed by atoms with E-state index in [1.807, 2.05) is 6.92 Å². The van der Waals surface area contributed by atoms with Crippen molar-refractivity contribution in [1.82, 2.24) is 19.0 Å². The van der Waals surface area contributed by atoms with Gasteiger partial charge in [0.1, 0.15) is 10.7 Å². The quantitative estimate of drug-likeness (QED) is 0.790. The Morgan fingerprint density at radius 2 is 1.96 bits per heavy atom. The average Bonchev–Trinajstić information content (AvgIpc) is 3.08. The summed E-state index contributed by atoms with van der Waals surface area (Å²) in [6.45, 7) is 5.09. The molecule has 0 atom stereocenters. The van der Waals surface area contributed by atoms with Crippen LogP contribution in [-0.4, -0.2) is 53.6 Å². The zero-order valence-corrected chi connectivity index (χ0v) is 15.5. The van der Waals surface area contributed by atoms with Crippen LogP contribution in [0, 0.1) is 5.82 Å². The van der Waals surface area contributed by atoms with Gasteiger partial charge < -0.3 is 0 Å². The molecule has 0 saturated carbocycles. The molecule has 9 heteroatoms. The fourth-order valence-electron chi connectivity index (χ4n) is 2.82. The van der Waals surface area contributed by atoms with Gasteiger partial charge in [-0.15, -0.1) is 0 Å². The van der Waals surface area contributed by atoms with Gasteiger partial charge in [0.25, 0.3) is 0 Å². The van der Waals surface area contributed by atoms with Crippen LogP contribution in [0.1, 0.15) is 12.5 Å². The van der Waals surface area contributed by atoms with Gasteiger partial charge in [0, 0.05) is 50.5 Å². The zero-order valence-electron chi connectivity index (χ0n) is 13.9. The number of sulfonamides is 1. The highest BCUT2D eigenvalue weighted by atomic mass is 35.5. The van der Waals surface area contributed by atoms with Crippen molar-refractivity contribution in [1.29, 1.82) is 0 Å². The van der Waals surface area contributed by atoms with E-state index in [9.17, 15) is 12.8 Å². The van der Waals surface area contributed by atoms with Crippen LogP contribution in [0.2, 0.25) is 5.02 Å². The van der Waals surface area contributed by atoms with E-state index in [0.29, 0.717) is 44.3 Å². The summed E-state index contributed by atoms with van der Waals surface area (Å²) >= 11 is 6.06. The third-order valence-electron chi connectivity index (χ3n) is 4.31. The van der Waals surface area contributed by atoms with Crippen molar-refractivity contribution >= 4 is 21.6 Å². The maximum Gasteiger partial charge on any atom is 0.246 e. The van der Waals surface area contributed by atoms with E-state index in [2.05, 4.69) is 10.00 Å². The number of nitrogens with zero attached hydrogens (tertiary/aromatic N) is 4. The number of aromatic nitrogens is 2. The first kappa shape index (κ1) is 18.3. The van der Waals surface area contributed by atoms with Gasteiger partial charge in [-0.05, 0) is 24.6 Å². The average molecular weight is 387 g/mol. The first-order chi connectivity index (χ1) is 11.9. The predicted molar refractivity (Wildman–Crippen MR) is 93.3 cm³/mol. The summed E-state index contributed by atoms with van der Waals surface area (Å²) in [4.78, 5) is 2.34. The topological polar surface area (TPSA) is 58.4 Å². The van der Waals surface area contributed by atoms with Crippen molar-refractivity contribution in [3.63, 3.8) is 0 Å². The monoisotopic (exact) mass is 386 g/mol. The molecule has 0 radical (unpaired) electrons. The fraction of sp³-hybridized carbons (Fsp3) is 0.438. The van der Waals surface area contributed by atoms with E-state index in [1.165, 1.54) is 22.6 Å². The van der Waals surface area contributed by atoms with Crippen molar-refractivity contribution in [2.45, 2.75) is 24.9 Å². The molecule has 25 heavy (non-hydrogen) atoms. The smallest absolute Gasteiger partial charge is 0.246 e. The Morgan fingerprint density at radius 3 is 2.56 bits per heavy atom. The highest BCUT2D eigenvalue weighted by Gasteiger charge is 2.29. The number of aryl methyl sites for hydroxylation is 1. The number of hydrogen-bond acceptors (Lipinski definition) is 4. The molecule has 1 aromatic carbocycles. The van der Waals surface area contributed by atoms with Crippen LogP contribution in [-0.2, 0) is 23.1 Å². The summed E-state index contributed by atoms with van der Waals surface area (Å²) in [5.74, 6) is -0.364. The van der Waals surface area contributed by atoms with Crippen LogP contribution in [0.25, 0.3) is 0 Å². The second kappa shape index (κ2) is 7.41. The standard InChI is InChI=1S/C16H20ClFN4O2S/c1-2-21-12-15(10-19-21)25(23,24)22-7-5-20(6-8-22)11-13-3-4-14(18)9-16(13)17/h3-4,9-10,12H,2,5-8,11H2,1H3. The predicted octanol–water partition coefficient (Wildman–Crippen LogP) is 2.20. The van der Waals surface area contributed by atoms with Gasteiger partial charge in [0.05, 0.1) is 6.20 Å². The Bertz CT molecular complexity index is 848. The molecule has 1 aliphatic heterocycles. The molecule has 1 fully saturated rings. The molecule has 0 N–H and O–H groups in total. The summed E-state index contributed by atoms with van der Waals surface area (Å²) in [5.41, 5.74) is 0.837. The third kappa shape index (κ3) is 4.03. The molecular formula is C16H20ClFN4O2S. The molecule has 3 rings (SSSR count). The highest BCUT2D eigenvalue weighted by molar-refractivity contribution is 7.89. The SMILES string of the molecule is CCn1cc(S(=O)(=O)N2CCN(Cc3ccc(F)cc3Cl)CC2)cn1. The Morgan fingerprint density at radius 1 is 1.24 bits per heavy atom. The van der Waals surface area contributed by atoms with Gasteiger partial charge in [0.15, 0.2) is 0 Å². The second-order valence-corrected chi connectivity index (χ2v) is 8.29. The molecule has 0 amide bonds. The van der Waals surface area contributed by atoms with Gasteiger partial charge in [-0.3, -0.25) is 9.58 Å². The minimum absolute atomic E-state index is 0.226. The van der Waals surface area contributed by atoms with Crippen molar-refractivity contribution in [2.24, 2.45) is 0 Å². The lowest BCUT2D eigenvalue weighted by molar-refractivity contribution is 0.181. The largest absolute Gasteiger partial charge is 0.296 e. The molecule has 0 unspecified atom stereocenters. The lowest BCUT2D eigenvalue weighted by Crippen LogP contribution is -2.48. The summed E-state index contributed by atoms with van der Waals surface area (Å²) in [6.07, 6.45) is 2.95. The minimum Gasteiger partial charge on any atom is -0.296 e. The maximum absolute atomic E-state index is 13.1. The number of piperazine rings is 1. The van der Waals surface area contributed by atoms with E-state index in [4.69, 9.17) is 11.6 Å². The molecule has 2 heterocycles. The van der Waals surface area contributed by atoms with E-state index < -0.39 is 10.0 Å². The molecule has 0 spiro atoms. The molecule has 1 aromatic heterocycles. The fourth-order valence-corrected chi connectivity index (χ4v) is 4.42. The van der Waals surface area contributed by atoms with Crippen molar-refractivity contribution in [2.75, 3.05) is 26.2 Å². The zero-order chi connectivity index (χ0) is 18.0. The maximum atomic E-state index is 13.1.